The predicted octanol–water partition coefficient (Wildman–Crippen LogP) is 4.08. The molecule has 1 aliphatic heterocycles. The third-order valence-electron chi connectivity index (χ3n) is 3.85. The average Bonchev–Trinajstić information content (AvgIpc) is 2.90. The van der Waals surface area contributed by atoms with E-state index in [0.29, 0.717) is 10.6 Å². The summed E-state index contributed by atoms with van der Waals surface area (Å²) < 4.78 is 41.0. The molecule has 1 unspecified atom stereocenters. The lowest BCUT2D eigenvalue weighted by atomic mass is 10.0. The fourth-order valence-electron chi connectivity index (χ4n) is 2.64. The highest BCUT2D eigenvalue weighted by molar-refractivity contribution is 6.33. The van der Waals surface area contributed by atoms with Crippen LogP contribution in [0.3, 0.4) is 0 Å². The van der Waals surface area contributed by atoms with Gasteiger partial charge in [-0.15, -0.1) is 0 Å². The van der Waals surface area contributed by atoms with Gasteiger partial charge in [0.1, 0.15) is 0 Å². The third kappa shape index (κ3) is 3.39. The van der Waals surface area contributed by atoms with Gasteiger partial charge >= 0.3 is 0 Å². The summed E-state index contributed by atoms with van der Waals surface area (Å²) in [7, 11) is 0. The Kier molecular flexibility index (Phi) is 4.51. The largest absolute Gasteiger partial charge is 0.322 e. The fourth-order valence-corrected chi connectivity index (χ4v) is 2.87. The summed E-state index contributed by atoms with van der Waals surface area (Å²) in [5.74, 6) is -4.29. The van der Waals surface area contributed by atoms with Crippen molar-refractivity contribution >= 4 is 23.2 Å². The van der Waals surface area contributed by atoms with Crippen LogP contribution in [0.15, 0.2) is 42.5 Å². The molecule has 1 aliphatic rings. The Morgan fingerprint density at radius 1 is 1.17 bits per heavy atom. The zero-order valence-electron chi connectivity index (χ0n) is 12.5. The highest BCUT2D eigenvalue weighted by Crippen LogP contribution is 2.33. The first-order chi connectivity index (χ1) is 11.4. The van der Waals surface area contributed by atoms with Crippen molar-refractivity contribution in [3.63, 3.8) is 0 Å². The average molecular weight is 355 g/mol. The summed E-state index contributed by atoms with van der Waals surface area (Å²) >= 11 is 6.08. The van der Waals surface area contributed by atoms with Crippen LogP contribution < -0.4 is 10.6 Å². The number of hydrogen-bond acceptors (Lipinski definition) is 2. The molecule has 3 rings (SSSR count). The zero-order chi connectivity index (χ0) is 17.3. The second kappa shape index (κ2) is 6.45. The second-order valence-electron chi connectivity index (χ2n) is 5.63. The standard InChI is InChI=1S/C17H14ClF3N2O/c18-12-6-2-1-4-10(12)11-5-3-7-13(15(11)19)23-16(24)14-8-17(20,21)9-22-14/h1-7,14,22H,8-9H2,(H,23,24). The summed E-state index contributed by atoms with van der Waals surface area (Å²) in [4.78, 5) is 12.1. The van der Waals surface area contributed by atoms with Crippen molar-refractivity contribution in [1.82, 2.24) is 5.32 Å². The Balaban J connectivity index is 1.84. The topological polar surface area (TPSA) is 41.1 Å². The zero-order valence-corrected chi connectivity index (χ0v) is 13.2. The molecule has 0 bridgehead atoms. The van der Waals surface area contributed by atoms with E-state index in [1.165, 1.54) is 12.1 Å². The van der Waals surface area contributed by atoms with Gasteiger partial charge < -0.3 is 5.32 Å². The van der Waals surface area contributed by atoms with E-state index < -0.39 is 36.7 Å². The molecule has 0 aromatic heterocycles. The predicted molar refractivity (Wildman–Crippen MR) is 86.8 cm³/mol. The van der Waals surface area contributed by atoms with E-state index in [-0.39, 0.29) is 11.3 Å². The minimum absolute atomic E-state index is 0.0746. The number of amides is 1. The minimum Gasteiger partial charge on any atom is -0.322 e. The highest BCUT2D eigenvalue weighted by atomic mass is 35.5. The summed E-state index contributed by atoms with van der Waals surface area (Å²) in [6, 6.07) is 10.2. The Morgan fingerprint density at radius 2 is 1.88 bits per heavy atom. The van der Waals surface area contributed by atoms with Crippen molar-refractivity contribution in [2.24, 2.45) is 0 Å². The summed E-state index contributed by atoms with van der Waals surface area (Å²) in [5.41, 5.74) is 0.635. The van der Waals surface area contributed by atoms with E-state index in [1.807, 2.05) is 0 Å². The van der Waals surface area contributed by atoms with Crippen LogP contribution in [0.4, 0.5) is 18.9 Å². The number of halogens is 4. The van der Waals surface area contributed by atoms with Crippen LogP contribution in [-0.4, -0.2) is 24.4 Å². The van der Waals surface area contributed by atoms with Gasteiger partial charge in [-0.1, -0.05) is 41.9 Å². The highest BCUT2D eigenvalue weighted by Gasteiger charge is 2.42. The van der Waals surface area contributed by atoms with Crippen LogP contribution >= 0.6 is 11.6 Å². The van der Waals surface area contributed by atoms with Crippen LogP contribution in [0.1, 0.15) is 6.42 Å². The minimum atomic E-state index is -2.93. The Morgan fingerprint density at radius 3 is 2.54 bits per heavy atom. The molecule has 0 radical (unpaired) electrons. The summed E-state index contributed by atoms with van der Waals surface area (Å²) in [6.45, 7) is -0.562. The second-order valence-corrected chi connectivity index (χ2v) is 6.04. The molecule has 1 atom stereocenters. The molecule has 7 heteroatoms. The lowest BCUT2D eigenvalue weighted by Gasteiger charge is -2.14. The van der Waals surface area contributed by atoms with Gasteiger partial charge in [0.15, 0.2) is 5.82 Å². The molecular weight excluding hydrogens is 341 g/mol. The molecule has 1 saturated heterocycles. The van der Waals surface area contributed by atoms with Crippen LogP contribution in [0.5, 0.6) is 0 Å². The van der Waals surface area contributed by atoms with E-state index in [2.05, 4.69) is 10.6 Å². The van der Waals surface area contributed by atoms with Crippen molar-refractivity contribution in [2.75, 3.05) is 11.9 Å². The van der Waals surface area contributed by atoms with Crippen molar-refractivity contribution in [2.45, 2.75) is 18.4 Å². The lowest BCUT2D eigenvalue weighted by Crippen LogP contribution is -2.35. The Bertz CT molecular complexity index is 782. The van der Waals surface area contributed by atoms with Crippen molar-refractivity contribution < 1.29 is 18.0 Å². The molecule has 0 saturated carbocycles. The van der Waals surface area contributed by atoms with Gasteiger partial charge in [0, 0.05) is 22.6 Å². The van der Waals surface area contributed by atoms with Gasteiger partial charge in [-0.2, -0.15) is 0 Å². The normalized spacial score (nSPS) is 19.2. The molecule has 2 aromatic rings. The molecule has 3 nitrogen and oxygen atoms in total. The number of carbonyl (C=O) groups is 1. The third-order valence-corrected chi connectivity index (χ3v) is 4.18. The summed E-state index contributed by atoms with van der Waals surface area (Å²) in [6.07, 6.45) is -0.606. The van der Waals surface area contributed by atoms with E-state index >= 15 is 0 Å². The first-order valence-electron chi connectivity index (χ1n) is 7.33. The van der Waals surface area contributed by atoms with Crippen LogP contribution in [-0.2, 0) is 4.79 Å². The number of rotatable bonds is 3. The van der Waals surface area contributed by atoms with E-state index in [9.17, 15) is 18.0 Å². The molecule has 126 valence electrons. The number of anilines is 1. The SMILES string of the molecule is O=C(Nc1cccc(-c2ccccc2Cl)c1F)C1CC(F)(F)CN1. The fraction of sp³-hybridized carbons (Fsp3) is 0.235. The molecule has 1 fully saturated rings. The van der Waals surface area contributed by atoms with Crippen LogP contribution in [0.25, 0.3) is 11.1 Å². The molecule has 1 amide bonds. The first kappa shape index (κ1) is 16.8. The Hall–Kier alpha value is -2.05. The molecule has 2 N–H and O–H groups in total. The maximum absolute atomic E-state index is 14.7. The lowest BCUT2D eigenvalue weighted by molar-refractivity contribution is -0.118. The van der Waals surface area contributed by atoms with E-state index in [0.717, 1.165) is 0 Å². The van der Waals surface area contributed by atoms with Gasteiger partial charge in [0.25, 0.3) is 5.92 Å². The van der Waals surface area contributed by atoms with E-state index in [4.69, 9.17) is 11.6 Å². The quantitative estimate of drug-likeness (QED) is 0.872. The van der Waals surface area contributed by atoms with Crippen molar-refractivity contribution in [3.8, 4) is 11.1 Å². The smallest absolute Gasteiger partial charge is 0.262 e. The van der Waals surface area contributed by atoms with Crippen molar-refractivity contribution in [3.05, 3.63) is 53.3 Å². The van der Waals surface area contributed by atoms with E-state index in [1.54, 1.807) is 30.3 Å². The monoisotopic (exact) mass is 354 g/mol. The number of hydrogen-bond donors (Lipinski definition) is 2. The molecule has 24 heavy (non-hydrogen) atoms. The van der Waals surface area contributed by atoms with Gasteiger partial charge in [-0.05, 0) is 12.1 Å². The number of alkyl halides is 2. The molecule has 0 spiro atoms. The maximum atomic E-state index is 14.7. The number of benzene rings is 2. The van der Waals surface area contributed by atoms with Gasteiger partial charge in [-0.25, -0.2) is 13.2 Å². The Labute approximate surface area is 141 Å². The maximum Gasteiger partial charge on any atom is 0.262 e. The number of nitrogens with one attached hydrogen (secondary N) is 2. The molecular formula is C17H14ClF3N2O. The van der Waals surface area contributed by atoms with Gasteiger partial charge in [0.05, 0.1) is 18.3 Å². The molecule has 1 heterocycles. The number of carbonyl (C=O) groups excluding carboxylic acids is 1. The van der Waals surface area contributed by atoms with Gasteiger partial charge in [0.2, 0.25) is 5.91 Å². The first-order valence-corrected chi connectivity index (χ1v) is 7.71. The van der Waals surface area contributed by atoms with Gasteiger partial charge in [-0.3, -0.25) is 10.1 Å². The van der Waals surface area contributed by atoms with Crippen molar-refractivity contribution in [1.29, 1.82) is 0 Å². The molecule has 0 aliphatic carbocycles. The summed E-state index contributed by atoms with van der Waals surface area (Å²) in [5, 5.41) is 5.18. The van der Waals surface area contributed by atoms with Crippen LogP contribution in [0, 0.1) is 5.82 Å². The van der Waals surface area contributed by atoms with Crippen LogP contribution in [0.2, 0.25) is 5.02 Å². The molecule has 2 aromatic carbocycles.